The summed E-state index contributed by atoms with van der Waals surface area (Å²) in [5.74, 6) is -0.391. The molecule has 0 aromatic carbocycles. The lowest BCUT2D eigenvalue weighted by atomic mass is 10.0. The average molecular weight is 741 g/mol. The van der Waals surface area contributed by atoms with Crippen LogP contribution in [0.5, 0.6) is 0 Å². The lowest BCUT2D eigenvalue weighted by molar-refractivity contribution is -0.153. The maximum atomic E-state index is 12.4. The summed E-state index contributed by atoms with van der Waals surface area (Å²) in [7, 11) is -4.67. The van der Waals surface area contributed by atoms with Crippen molar-refractivity contribution in [3.05, 3.63) is 36.6 Å². The normalized spacial score (nSPS) is 12.9. The number of carbonyl (C=O) groups excluding carboxylic acids is 1. The van der Waals surface area contributed by atoms with Crippen LogP contribution in [0.3, 0.4) is 0 Å². The fourth-order valence-corrected chi connectivity index (χ4v) is 6.45. The second-order valence-electron chi connectivity index (χ2n) is 14.4. The van der Waals surface area contributed by atoms with E-state index in [4.69, 9.17) is 19.3 Å². The van der Waals surface area contributed by atoms with Gasteiger partial charge in [0.2, 0.25) is 0 Å². The van der Waals surface area contributed by atoms with Crippen molar-refractivity contribution >= 4 is 13.8 Å². The van der Waals surface area contributed by atoms with Gasteiger partial charge in [0, 0.05) is 6.42 Å². The first-order chi connectivity index (χ1) is 24.9. The van der Waals surface area contributed by atoms with Crippen LogP contribution in [0.2, 0.25) is 0 Å². The van der Waals surface area contributed by atoms with Gasteiger partial charge >= 0.3 is 13.8 Å². The Kier molecular flexibility index (Phi) is 38.7. The van der Waals surface area contributed by atoms with Crippen LogP contribution in [0, 0.1) is 0 Å². The molecule has 0 aromatic heterocycles. The van der Waals surface area contributed by atoms with E-state index in [2.05, 4.69) is 42.7 Å². The number of hydrogen-bond donors (Lipinski definition) is 2. The van der Waals surface area contributed by atoms with Gasteiger partial charge in [-0.25, -0.2) is 4.57 Å². The van der Waals surface area contributed by atoms with Crippen molar-refractivity contribution in [2.24, 2.45) is 0 Å². The van der Waals surface area contributed by atoms with E-state index in [1.165, 1.54) is 141 Å². The molecule has 8 heteroatoms. The monoisotopic (exact) mass is 741 g/mol. The molecule has 0 fully saturated rings. The molecule has 0 saturated carbocycles. The molecule has 0 spiro atoms. The summed E-state index contributed by atoms with van der Waals surface area (Å²) in [4.78, 5) is 30.6. The van der Waals surface area contributed by atoms with Crippen molar-refractivity contribution in [1.29, 1.82) is 0 Å². The third-order valence-corrected chi connectivity index (χ3v) is 9.74. The summed E-state index contributed by atoms with van der Waals surface area (Å²) in [5, 5.41) is 0. The van der Waals surface area contributed by atoms with Crippen molar-refractivity contribution in [2.45, 2.75) is 219 Å². The third kappa shape index (κ3) is 42.9. The molecule has 0 unspecified atom stereocenters. The van der Waals surface area contributed by atoms with Gasteiger partial charge in [-0.05, 0) is 57.4 Å². The molecule has 0 aliphatic heterocycles. The fraction of sp³-hybridized carbons (Fsp3) is 0.837. The zero-order valence-electron chi connectivity index (χ0n) is 33.3. The Morgan fingerprint density at radius 3 is 1.39 bits per heavy atom. The number of esters is 1. The maximum absolute atomic E-state index is 12.4. The Hall–Kier alpha value is -1.40. The van der Waals surface area contributed by atoms with Gasteiger partial charge in [-0.3, -0.25) is 9.32 Å². The smallest absolute Gasteiger partial charge is 0.469 e. The highest BCUT2D eigenvalue weighted by atomic mass is 31.2. The summed E-state index contributed by atoms with van der Waals surface area (Å²) in [6.45, 7) is 4.09. The highest BCUT2D eigenvalue weighted by Gasteiger charge is 2.21. The molecule has 2 N–H and O–H groups in total. The number of hydrogen-bond acceptors (Lipinski definition) is 5. The van der Waals surface area contributed by atoms with Crippen LogP contribution in [-0.2, 0) is 23.4 Å². The predicted molar refractivity (Wildman–Crippen MR) is 216 cm³/mol. The van der Waals surface area contributed by atoms with E-state index in [1.54, 1.807) is 6.26 Å². The van der Waals surface area contributed by atoms with Crippen LogP contribution in [-0.4, -0.2) is 35.1 Å². The molecule has 0 saturated heterocycles. The van der Waals surface area contributed by atoms with Crippen LogP contribution in [0.15, 0.2) is 36.6 Å². The quantitative estimate of drug-likeness (QED) is 0.0212. The number of phosphoric ester groups is 1. The van der Waals surface area contributed by atoms with Crippen molar-refractivity contribution < 1.29 is 33.1 Å². The van der Waals surface area contributed by atoms with Crippen LogP contribution < -0.4 is 0 Å². The lowest BCUT2D eigenvalue weighted by Crippen LogP contribution is -2.27. The van der Waals surface area contributed by atoms with E-state index in [0.29, 0.717) is 0 Å². The fourth-order valence-electron chi connectivity index (χ4n) is 6.08. The van der Waals surface area contributed by atoms with E-state index < -0.39 is 26.5 Å². The second kappa shape index (κ2) is 39.8. The Bertz CT molecular complexity index is 866. The first-order valence-electron chi connectivity index (χ1n) is 21.3. The minimum absolute atomic E-state index is 0.00780. The van der Waals surface area contributed by atoms with Crippen LogP contribution in [0.1, 0.15) is 213 Å². The zero-order chi connectivity index (χ0) is 37.4. The molecule has 0 aromatic rings. The van der Waals surface area contributed by atoms with Crippen molar-refractivity contribution in [2.75, 3.05) is 13.2 Å². The first kappa shape index (κ1) is 49.6. The molecule has 0 rings (SSSR count). The highest BCUT2D eigenvalue weighted by molar-refractivity contribution is 7.46. The number of rotatable bonds is 40. The summed E-state index contributed by atoms with van der Waals surface area (Å²) in [6.07, 6.45) is 49.4. The minimum Gasteiger partial charge on any atom is -0.498 e. The molecule has 7 nitrogen and oxygen atoms in total. The van der Waals surface area contributed by atoms with E-state index in [9.17, 15) is 9.36 Å². The number of carbonyl (C=O) groups is 1. The average Bonchev–Trinajstić information content (AvgIpc) is 3.10. The molecular formula is C43H81O7P. The molecule has 0 aliphatic rings. The summed E-state index contributed by atoms with van der Waals surface area (Å²) >= 11 is 0. The molecule has 51 heavy (non-hydrogen) atoms. The number of phosphoric acid groups is 1. The minimum atomic E-state index is -4.67. The van der Waals surface area contributed by atoms with Gasteiger partial charge in [0.25, 0.3) is 0 Å². The zero-order valence-corrected chi connectivity index (χ0v) is 34.2. The summed E-state index contributed by atoms with van der Waals surface area (Å²) < 4.78 is 26.8. The van der Waals surface area contributed by atoms with Gasteiger partial charge in [-0.1, -0.05) is 179 Å². The van der Waals surface area contributed by atoms with Crippen molar-refractivity contribution in [1.82, 2.24) is 0 Å². The van der Waals surface area contributed by atoms with E-state index in [0.717, 1.165) is 51.4 Å². The van der Waals surface area contributed by atoms with E-state index in [-0.39, 0.29) is 13.0 Å². The number of allylic oxidation sites excluding steroid dienone is 5. The van der Waals surface area contributed by atoms with Gasteiger partial charge in [-0.2, -0.15) is 0 Å². The Morgan fingerprint density at radius 1 is 0.529 bits per heavy atom. The van der Waals surface area contributed by atoms with Gasteiger partial charge in [0.1, 0.15) is 6.61 Å². The van der Waals surface area contributed by atoms with Crippen LogP contribution in [0.25, 0.3) is 0 Å². The Morgan fingerprint density at radius 2 is 0.922 bits per heavy atom. The summed E-state index contributed by atoms with van der Waals surface area (Å²) in [5.41, 5.74) is 0. The molecule has 300 valence electrons. The molecule has 0 amide bonds. The lowest BCUT2D eigenvalue weighted by Gasteiger charge is -2.18. The Labute approximate surface area is 315 Å². The predicted octanol–water partition coefficient (Wildman–Crippen LogP) is 13.8. The van der Waals surface area contributed by atoms with Crippen LogP contribution in [0.4, 0.5) is 0 Å². The third-order valence-electron chi connectivity index (χ3n) is 9.26. The SMILES string of the molecule is CCCCC/C=C\C/C=C\CCCCCCCCCC(=O)O[C@H](CO/C=C\CCCCCCCCCCCCCCCCCC)COP(=O)(O)O. The highest BCUT2D eigenvalue weighted by Crippen LogP contribution is 2.36. The van der Waals surface area contributed by atoms with E-state index in [1.807, 2.05) is 6.08 Å². The molecular weight excluding hydrogens is 659 g/mol. The van der Waals surface area contributed by atoms with Crippen LogP contribution >= 0.6 is 7.82 Å². The topological polar surface area (TPSA) is 102 Å². The molecule has 0 aliphatic carbocycles. The van der Waals surface area contributed by atoms with Gasteiger partial charge in [-0.15, -0.1) is 0 Å². The first-order valence-corrected chi connectivity index (χ1v) is 22.9. The van der Waals surface area contributed by atoms with Gasteiger partial charge in [0.15, 0.2) is 6.10 Å². The Balaban J connectivity index is 3.84. The largest absolute Gasteiger partial charge is 0.498 e. The maximum Gasteiger partial charge on any atom is 0.469 e. The molecule has 1 atom stereocenters. The van der Waals surface area contributed by atoms with Gasteiger partial charge in [0.05, 0.1) is 12.9 Å². The molecule has 0 bridgehead atoms. The van der Waals surface area contributed by atoms with Gasteiger partial charge < -0.3 is 19.3 Å². The number of ether oxygens (including phenoxy) is 2. The second-order valence-corrected chi connectivity index (χ2v) is 15.6. The molecule has 0 radical (unpaired) electrons. The summed E-state index contributed by atoms with van der Waals surface area (Å²) in [6, 6.07) is 0. The van der Waals surface area contributed by atoms with Crippen molar-refractivity contribution in [3.8, 4) is 0 Å². The standard InChI is InChI=1S/C43H81O7P/c1-3-5-7-9-11-13-15-17-19-21-23-25-27-29-31-33-35-37-39-48-40-42(41-49-51(45,46)47)50-43(44)38-36-34-32-30-28-26-24-22-20-18-16-14-12-10-8-6-4-2/h12,14,18,20,37,39,42H,3-11,13,15-17,19,21-36,38,40-41H2,1-2H3,(H2,45,46,47)/b14-12-,20-18-,39-37-/t42-/m1/s1. The molecule has 0 heterocycles. The van der Waals surface area contributed by atoms with E-state index >= 15 is 0 Å². The number of unbranched alkanes of at least 4 members (excludes halogenated alkanes) is 26. The van der Waals surface area contributed by atoms with Crippen molar-refractivity contribution in [3.63, 3.8) is 0 Å².